The van der Waals surface area contributed by atoms with Crippen LogP contribution in [0.1, 0.15) is 5.56 Å². The summed E-state index contributed by atoms with van der Waals surface area (Å²) >= 11 is 4.68. The van der Waals surface area contributed by atoms with E-state index in [0.717, 1.165) is 14.3 Å². The van der Waals surface area contributed by atoms with Crippen LogP contribution in [0.2, 0.25) is 0 Å². The molecule has 3 nitrogen and oxygen atoms in total. The summed E-state index contributed by atoms with van der Waals surface area (Å²) in [5.74, 6) is -0.285. The fourth-order valence-electron chi connectivity index (χ4n) is 1.50. The van der Waals surface area contributed by atoms with E-state index in [0.29, 0.717) is 5.56 Å². The summed E-state index contributed by atoms with van der Waals surface area (Å²) in [6.07, 6.45) is 0. The Morgan fingerprint density at radius 3 is 2.74 bits per heavy atom. The first-order valence-electron chi connectivity index (χ1n) is 5.31. The van der Waals surface area contributed by atoms with Gasteiger partial charge in [0, 0.05) is 19.8 Å². The molecule has 2 aromatic carbocycles. The number of halogens is 2. The predicted octanol–water partition coefficient (Wildman–Crippen LogP) is 3.83. The van der Waals surface area contributed by atoms with Gasteiger partial charge in [-0.25, -0.2) is 4.39 Å². The van der Waals surface area contributed by atoms with Gasteiger partial charge in [0.2, 0.25) is 0 Å². The SMILES string of the molecule is N/C(=N/O)c1cc(Br)ccc1Sc1cccc(F)c1. The van der Waals surface area contributed by atoms with Crippen LogP contribution in [-0.2, 0) is 0 Å². The number of oxime groups is 1. The summed E-state index contributed by atoms with van der Waals surface area (Å²) in [7, 11) is 0. The van der Waals surface area contributed by atoms with E-state index >= 15 is 0 Å². The molecule has 0 aliphatic rings. The average Bonchev–Trinajstić information content (AvgIpc) is 2.40. The minimum Gasteiger partial charge on any atom is -0.409 e. The highest BCUT2D eigenvalue weighted by atomic mass is 79.9. The highest BCUT2D eigenvalue weighted by Gasteiger charge is 2.10. The first kappa shape index (κ1) is 13.9. The normalized spacial score (nSPS) is 11.6. The predicted molar refractivity (Wildman–Crippen MR) is 77.2 cm³/mol. The van der Waals surface area contributed by atoms with E-state index in [9.17, 15) is 4.39 Å². The van der Waals surface area contributed by atoms with Crippen LogP contribution in [0.15, 0.2) is 61.9 Å². The number of nitrogens with two attached hydrogens (primary N) is 1. The number of hydrogen-bond acceptors (Lipinski definition) is 3. The smallest absolute Gasteiger partial charge is 0.171 e. The average molecular weight is 341 g/mol. The van der Waals surface area contributed by atoms with Crippen LogP contribution in [0.5, 0.6) is 0 Å². The second-order valence-electron chi connectivity index (χ2n) is 3.69. The van der Waals surface area contributed by atoms with E-state index in [1.165, 1.54) is 23.9 Å². The molecule has 0 saturated heterocycles. The molecule has 0 aliphatic heterocycles. The zero-order valence-electron chi connectivity index (χ0n) is 9.68. The van der Waals surface area contributed by atoms with Crippen LogP contribution in [0.3, 0.4) is 0 Å². The second-order valence-corrected chi connectivity index (χ2v) is 5.72. The molecule has 0 unspecified atom stereocenters. The first-order chi connectivity index (χ1) is 9.10. The molecule has 3 N–H and O–H groups in total. The van der Waals surface area contributed by atoms with Gasteiger partial charge in [0.05, 0.1) is 0 Å². The molecular weight excluding hydrogens is 331 g/mol. The largest absolute Gasteiger partial charge is 0.409 e. The third-order valence-electron chi connectivity index (χ3n) is 2.35. The Morgan fingerprint density at radius 1 is 1.26 bits per heavy atom. The van der Waals surface area contributed by atoms with E-state index in [4.69, 9.17) is 10.9 Å². The number of nitrogens with zero attached hydrogens (tertiary/aromatic N) is 1. The monoisotopic (exact) mass is 340 g/mol. The van der Waals surface area contributed by atoms with Crippen molar-refractivity contribution in [1.82, 2.24) is 0 Å². The Balaban J connectivity index is 2.40. The van der Waals surface area contributed by atoms with Gasteiger partial charge in [-0.3, -0.25) is 0 Å². The molecule has 0 amide bonds. The summed E-state index contributed by atoms with van der Waals surface area (Å²) in [4.78, 5) is 1.53. The zero-order valence-corrected chi connectivity index (χ0v) is 12.1. The maximum Gasteiger partial charge on any atom is 0.171 e. The van der Waals surface area contributed by atoms with Gasteiger partial charge < -0.3 is 10.9 Å². The van der Waals surface area contributed by atoms with Crippen LogP contribution in [0, 0.1) is 5.82 Å². The Kier molecular flexibility index (Phi) is 4.44. The van der Waals surface area contributed by atoms with Crippen LogP contribution < -0.4 is 5.73 Å². The van der Waals surface area contributed by atoms with Crippen molar-refractivity contribution in [2.45, 2.75) is 9.79 Å². The van der Waals surface area contributed by atoms with Gasteiger partial charge >= 0.3 is 0 Å². The fourth-order valence-corrected chi connectivity index (χ4v) is 2.85. The van der Waals surface area contributed by atoms with Gasteiger partial charge in [-0.15, -0.1) is 0 Å². The van der Waals surface area contributed by atoms with Gasteiger partial charge in [0.1, 0.15) is 5.82 Å². The van der Waals surface area contributed by atoms with Gasteiger partial charge in [0.25, 0.3) is 0 Å². The first-order valence-corrected chi connectivity index (χ1v) is 6.92. The van der Waals surface area contributed by atoms with Crippen molar-refractivity contribution in [3.63, 3.8) is 0 Å². The highest BCUT2D eigenvalue weighted by molar-refractivity contribution is 9.10. The van der Waals surface area contributed by atoms with Crippen molar-refractivity contribution in [1.29, 1.82) is 0 Å². The van der Waals surface area contributed by atoms with E-state index in [-0.39, 0.29) is 11.7 Å². The van der Waals surface area contributed by atoms with Crippen LogP contribution in [0.4, 0.5) is 4.39 Å². The Hall–Kier alpha value is -1.53. The van der Waals surface area contributed by atoms with E-state index in [1.807, 2.05) is 12.1 Å². The van der Waals surface area contributed by atoms with Gasteiger partial charge in [-0.05, 0) is 36.4 Å². The van der Waals surface area contributed by atoms with Gasteiger partial charge in [-0.2, -0.15) is 0 Å². The number of rotatable bonds is 3. The molecule has 0 saturated carbocycles. The molecule has 2 aromatic rings. The van der Waals surface area contributed by atoms with E-state index < -0.39 is 0 Å². The molecule has 98 valence electrons. The number of hydrogen-bond donors (Lipinski definition) is 2. The lowest BCUT2D eigenvalue weighted by atomic mass is 10.2. The minimum absolute atomic E-state index is 0.0141. The molecule has 2 rings (SSSR count). The van der Waals surface area contributed by atoms with Crippen LogP contribution in [0.25, 0.3) is 0 Å². The van der Waals surface area contributed by atoms with Crippen LogP contribution >= 0.6 is 27.7 Å². The lowest BCUT2D eigenvalue weighted by molar-refractivity contribution is 0.318. The van der Waals surface area contributed by atoms with Crippen molar-refractivity contribution in [3.05, 3.63) is 58.3 Å². The molecule has 6 heteroatoms. The molecule has 0 heterocycles. The molecule has 0 atom stereocenters. The quantitative estimate of drug-likeness (QED) is 0.386. The van der Waals surface area contributed by atoms with Crippen molar-refractivity contribution in [3.8, 4) is 0 Å². The lowest BCUT2D eigenvalue weighted by Gasteiger charge is -2.08. The van der Waals surface area contributed by atoms with Gasteiger partial charge in [-0.1, -0.05) is 38.9 Å². The molecule has 0 aromatic heterocycles. The lowest BCUT2D eigenvalue weighted by Crippen LogP contribution is -2.14. The summed E-state index contributed by atoms with van der Waals surface area (Å²) < 4.78 is 14.0. The van der Waals surface area contributed by atoms with E-state index in [1.54, 1.807) is 18.2 Å². The minimum atomic E-state index is -0.299. The maximum absolute atomic E-state index is 13.2. The third kappa shape index (κ3) is 3.48. The number of amidine groups is 1. The molecule has 0 radical (unpaired) electrons. The fraction of sp³-hybridized carbons (Fsp3) is 0. The Bertz CT molecular complexity index is 634. The van der Waals surface area contributed by atoms with Crippen molar-refractivity contribution in [2.24, 2.45) is 10.9 Å². The summed E-state index contributed by atoms with van der Waals surface area (Å²) in [5.41, 5.74) is 6.23. The molecule has 0 fully saturated rings. The topological polar surface area (TPSA) is 58.6 Å². The zero-order chi connectivity index (χ0) is 13.8. The van der Waals surface area contributed by atoms with Crippen molar-refractivity contribution in [2.75, 3.05) is 0 Å². The molecule has 19 heavy (non-hydrogen) atoms. The molecule has 0 spiro atoms. The Labute approximate surface area is 122 Å². The summed E-state index contributed by atoms with van der Waals surface area (Å²) in [5, 5.41) is 11.8. The molecule has 0 aliphatic carbocycles. The maximum atomic E-state index is 13.2. The van der Waals surface area contributed by atoms with E-state index in [2.05, 4.69) is 21.1 Å². The summed E-state index contributed by atoms with van der Waals surface area (Å²) in [6, 6.07) is 11.7. The van der Waals surface area contributed by atoms with Gasteiger partial charge in [0.15, 0.2) is 5.84 Å². The van der Waals surface area contributed by atoms with Crippen LogP contribution in [-0.4, -0.2) is 11.0 Å². The van der Waals surface area contributed by atoms with Crippen molar-refractivity contribution < 1.29 is 9.60 Å². The molecular formula is C13H10BrFN2OS. The summed E-state index contributed by atoms with van der Waals surface area (Å²) in [6.45, 7) is 0. The van der Waals surface area contributed by atoms with Crippen molar-refractivity contribution >= 4 is 33.5 Å². The number of benzene rings is 2. The second kappa shape index (κ2) is 6.08. The Morgan fingerprint density at radius 2 is 2.05 bits per heavy atom. The third-order valence-corrected chi connectivity index (χ3v) is 3.91. The standard InChI is InChI=1S/C13H10BrFN2OS/c14-8-4-5-12(11(6-8)13(16)17-18)19-10-3-1-2-9(15)7-10/h1-7,18H,(H2,16,17). The highest BCUT2D eigenvalue weighted by Crippen LogP contribution is 2.32. The molecule has 0 bridgehead atoms.